The SMILES string of the molecule is Cc1ccc(Nc2cc3[se]c4ccccc4[nH]c3c3c(=O)c4ccccc4c(=O)c23)cc1. The average molecular weight is 481 g/mol. The van der Waals surface area contributed by atoms with Crippen LogP contribution in [0.2, 0.25) is 0 Å². The number of hydrogen-bond acceptors (Lipinski definition) is 3. The first-order valence-electron chi connectivity index (χ1n) is 10.4. The summed E-state index contributed by atoms with van der Waals surface area (Å²) in [4.78, 5) is 30.8. The van der Waals surface area contributed by atoms with Crippen LogP contribution in [-0.4, -0.2) is 19.5 Å². The Morgan fingerprint density at radius 2 is 1.41 bits per heavy atom. The van der Waals surface area contributed by atoms with Gasteiger partial charge in [-0.25, -0.2) is 0 Å². The van der Waals surface area contributed by atoms with Crippen LogP contribution in [0.5, 0.6) is 0 Å². The van der Waals surface area contributed by atoms with Crippen molar-refractivity contribution >= 4 is 67.0 Å². The molecule has 5 aromatic carbocycles. The quantitative estimate of drug-likeness (QED) is 0.196. The third-order valence-corrected chi connectivity index (χ3v) is 8.20. The first-order chi connectivity index (χ1) is 15.6. The van der Waals surface area contributed by atoms with Gasteiger partial charge in [-0.2, -0.15) is 0 Å². The van der Waals surface area contributed by atoms with Crippen molar-refractivity contribution in [3.8, 4) is 0 Å². The molecule has 6 aromatic rings. The Labute approximate surface area is 188 Å². The number of H-pyrrole nitrogens is 1. The molecule has 6 rings (SSSR count). The standard InChI is InChI=1S/C27H18N2O2Se/c1-15-10-12-16(13-11-15)28-20-14-22-25(29-19-8-4-5-9-21(19)32-22)24-23(20)26(30)17-6-2-3-7-18(17)27(24)31/h2-14,28-29H,1H3. The molecule has 5 heteroatoms. The molecular weight excluding hydrogens is 463 g/mol. The van der Waals surface area contributed by atoms with Gasteiger partial charge >= 0.3 is 189 Å². The van der Waals surface area contributed by atoms with E-state index in [1.165, 1.54) is 4.26 Å². The zero-order chi connectivity index (χ0) is 21.8. The second-order valence-electron chi connectivity index (χ2n) is 7.97. The first kappa shape index (κ1) is 19.1. The first-order valence-corrected chi connectivity index (χ1v) is 12.1. The summed E-state index contributed by atoms with van der Waals surface area (Å²) >= 11 is 0.0101. The van der Waals surface area contributed by atoms with Crippen LogP contribution in [0.15, 0.2) is 88.5 Å². The zero-order valence-electron chi connectivity index (χ0n) is 17.2. The fraction of sp³-hybridized carbons (Fsp3) is 0.0370. The van der Waals surface area contributed by atoms with Crippen molar-refractivity contribution in [3.05, 3.63) is 105 Å². The normalized spacial score (nSPS) is 11.5. The van der Waals surface area contributed by atoms with Crippen LogP contribution in [0.4, 0.5) is 11.4 Å². The summed E-state index contributed by atoms with van der Waals surface area (Å²) in [6, 6.07) is 25.3. The van der Waals surface area contributed by atoms with Gasteiger partial charge in [0, 0.05) is 0 Å². The van der Waals surface area contributed by atoms with Gasteiger partial charge in [-0.3, -0.25) is 0 Å². The summed E-state index contributed by atoms with van der Waals surface area (Å²) in [5.41, 5.74) is 4.25. The van der Waals surface area contributed by atoms with Crippen molar-refractivity contribution in [1.29, 1.82) is 0 Å². The molecule has 0 fully saturated rings. The van der Waals surface area contributed by atoms with Crippen LogP contribution >= 0.6 is 0 Å². The predicted octanol–water partition coefficient (Wildman–Crippen LogP) is 5.46. The topological polar surface area (TPSA) is 62.0 Å². The van der Waals surface area contributed by atoms with Gasteiger partial charge in [0.1, 0.15) is 0 Å². The Balaban J connectivity index is 1.81. The Hall–Kier alpha value is -3.66. The van der Waals surface area contributed by atoms with E-state index in [1.54, 1.807) is 18.2 Å². The second-order valence-corrected chi connectivity index (χ2v) is 10.2. The van der Waals surface area contributed by atoms with E-state index in [9.17, 15) is 9.59 Å². The van der Waals surface area contributed by atoms with E-state index >= 15 is 0 Å². The number of aromatic nitrogens is 1. The summed E-state index contributed by atoms with van der Waals surface area (Å²) in [5, 5.41) is 5.26. The predicted molar refractivity (Wildman–Crippen MR) is 135 cm³/mol. The van der Waals surface area contributed by atoms with Crippen molar-refractivity contribution in [2.45, 2.75) is 6.92 Å². The zero-order valence-corrected chi connectivity index (χ0v) is 18.9. The van der Waals surface area contributed by atoms with E-state index < -0.39 is 0 Å². The van der Waals surface area contributed by atoms with Gasteiger partial charge in [-0.15, -0.1) is 0 Å². The third kappa shape index (κ3) is 2.90. The van der Waals surface area contributed by atoms with Gasteiger partial charge in [-0.1, -0.05) is 0 Å². The molecule has 0 aliphatic carbocycles. The van der Waals surface area contributed by atoms with Gasteiger partial charge < -0.3 is 0 Å². The molecular formula is C27H18N2O2Se. The van der Waals surface area contributed by atoms with Crippen molar-refractivity contribution in [3.63, 3.8) is 0 Å². The van der Waals surface area contributed by atoms with Crippen molar-refractivity contribution in [1.82, 2.24) is 4.98 Å². The summed E-state index contributed by atoms with van der Waals surface area (Å²) < 4.78 is 2.29. The molecule has 0 spiro atoms. The molecule has 0 aliphatic rings. The molecule has 0 unspecified atom stereocenters. The molecule has 1 aromatic heterocycles. The van der Waals surface area contributed by atoms with Gasteiger partial charge in [0.05, 0.1) is 0 Å². The van der Waals surface area contributed by atoms with Gasteiger partial charge in [0.25, 0.3) is 0 Å². The van der Waals surface area contributed by atoms with Crippen molar-refractivity contribution in [2.75, 3.05) is 5.32 Å². The molecule has 32 heavy (non-hydrogen) atoms. The third-order valence-electron chi connectivity index (χ3n) is 5.86. The molecule has 0 atom stereocenters. The number of nitrogens with one attached hydrogen (secondary N) is 2. The fourth-order valence-electron chi connectivity index (χ4n) is 4.28. The van der Waals surface area contributed by atoms with Crippen LogP contribution in [0.25, 0.3) is 41.1 Å². The van der Waals surface area contributed by atoms with Crippen LogP contribution < -0.4 is 16.2 Å². The maximum absolute atomic E-state index is 13.7. The number of aromatic amines is 1. The Bertz CT molecular complexity index is 1800. The summed E-state index contributed by atoms with van der Waals surface area (Å²) in [6.45, 7) is 2.04. The Kier molecular flexibility index (Phi) is 4.29. The maximum atomic E-state index is 13.7. The molecule has 154 valence electrons. The molecule has 0 saturated heterocycles. The summed E-state index contributed by atoms with van der Waals surface area (Å²) in [7, 11) is 0. The second kappa shape index (κ2) is 7.20. The number of hydrogen-bond donors (Lipinski definition) is 2. The monoisotopic (exact) mass is 482 g/mol. The van der Waals surface area contributed by atoms with Crippen LogP contribution in [-0.2, 0) is 0 Å². The van der Waals surface area contributed by atoms with Crippen LogP contribution in [0.1, 0.15) is 5.56 Å². The number of benzene rings is 5. The molecule has 2 N–H and O–H groups in total. The molecule has 0 radical (unpaired) electrons. The van der Waals surface area contributed by atoms with E-state index in [1.807, 2.05) is 61.5 Å². The van der Waals surface area contributed by atoms with Crippen LogP contribution in [0.3, 0.4) is 0 Å². The number of para-hydroxylation sites is 1. The minimum atomic E-state index is -0.124. The van der Waals surface area contributed by atoms with Gasteiger partial charge in [0.15, 0.2) is 0 Å². The fourth-order valence-corrected chi connectivity index (χ4v) is 6.47. The molecule has 0 aliphatic heterocycles. The molecule has 4 nitrogen and oxygen atoms in total. The summed E-state index contributed by atoms with van der Waals surface area (Å²) in [6.07, 6.45) is 0. The molecule has 0 bridgehead atoms. The van der Waals surface area contributed by atoms with E-state index in [0.717, 1.165) is 26.5 Å². The number of anilines is 2. The van der Waals surface area contributed by atoms with Gasteiger partial charge in [0.2, 0.25) is 0 Å². The number of fused-ring (bicyclic) bond motifs is 5. The van der Waals surface area contributed by atoms with Crippen LogP contribution in [0, 0.1) is 6.92 Å². The van der Waals surface area contributed by atoms with E-state index in [0.29, 0.717) is 27.2 Å². The average Bonchev–Trinajstić information content (AvgIpc) is 2.82. The van der Waals surface area contributed by atoms with E-state index in [4.69, 9.17) is 0 Å². The molecule has 0 saturated carbocycles. The van der Waals surface area contributed by atoms with E-state index in [2.05, 4.69) is 16.4 Å². The van der Waals surface area contributed by atoms with E-state index in [-0.39, 0.29) is 25.4 Å². The molecule has 0 amide bonds. The Morgan fingerprint density at radius 1 is 0.750 bits per heavy atom. The summed E-state index contributed by atoms with van der Waals surface area (Å²) in [5.74, 6) is 0. The van der Waals surface area contributed by atoms with Gasteiger partial charge in [-0.05, 0) is 0 Å². The van der Waals surface area contributed by atoms with Crippen molar-refractivity contribution in [2.24, 2.45) is 0 Å². The molecule has 1 heterocycles. The number of aryl methyl sites for hydroxylation is 1. The minimum absolute atomic E-state index is 0.0101. The van der Waals surface area contributed by atoms with Crippen molar-refractivity contribution < 1.29 is 0 Å². The number of rotatable bonds is 2. The Morgan fingerprint density at radius 3 is 2.16 bits per heavy atom.